The van der Waals surface area contributed by atoms with Crippen LogP contribution in [-0.2, 0) is 6.18 Å². The van der Waals surface area contributed by atoms with Crippen LogP contribution in [0.15, 0.2) is 24.3 Å². The first kappa shape index (κ1) is 16.3. The van der Waals surface area contributed by atoms with E-state index in [9.17, 15) is 18.0 Å². The quantitative estimate of drug-likeness (QED) is 0.780. The molecule has 2 amide bonds. The van der Waals surface area contributed by atoms with Crippen LogP contribution in [0.2, 0.25) is 0 Å². The number of nitrogens with two attached hydrogens (primary N) is 1. The zero-order chi connectivity index (χ0) is 15.2. The molecule has 0 saturated carbocycles. The lowest BCUT2D eigenvalue weighted by molar-refractivity contribution is -0.137. The molecule has 1 unspecified atom stereocenters. The Hall–Kier alpha value is -1.76. The first-order valence-electron chi connectivity index (χ1n) is 6.31. The molecule has 4 nitrogen and oxygen atoms in total. The Morgan fingerprint density at radius 2 is 1.90 bits per heavy atom. The average Bonchev–Trinajstić information content (AvgIpc) is 2.37. The second-order valence-electron chi connectivity index (χ2n) is 4.39. The molecule has 4 N–H and O–H groups in total. The van der Waals surface area contributed by atoms with Gasteiger partial charge >= 0.3 is 12.2 Å². The number of amides is 2. The Balaban J connectivity index is 2.58. The summed E-state index contributed by atoms with van der Waals surface area (Å²) in [4.78, 5) is 11.6. The Morgan fingerprint density at radius 1 is 1.30 bits per heavy atom. The Morgan fingerprint density at radius 3 is 2.35 bits per heavy atom. The van der Waals surface area contributed by atoms with Crippen molar-refractivity contribution in [1.82, 2.24) is 5.32 Å². The van der Waals surface area contributed by atoms with Crippen LogP contribution in [0.3, 0.4) is 0 Å². The van der Waals surface area contributed by atoms with Gasteiger partial charge in [0.15, 0.2) is 0 Å². The smallest absolute Gasteiger partial charge is 0.334 e. The number of alkyl halides is 3. The number of urea groups is 1. The third-order valence-electron chi connectivity index (χ3n) is 2.73. The van der Waals surface area contributed by atoms with Crippen molar-refractivity contribution >= 4 is 11.7 Å². The number of carbonyl (C=O) groups excluding carboxylic acids is 1. The Kier molecular flexibility index (Phi) is 5.82. The summed E-state index contributed by atoms with van der Waals surface area (Å²) in [5.41, 5.74) is 5.04. The lowest BCUT2D eigenvalue weighted by Crippen LogP contribution is -2.42. The van der Waals surface area contributed by atoms with Gasteiger partial charge in [0, 0.05) is 18.3 Å². The topological polar surface area (TPSA) is 67.1 Å². The molecule has 0 aliphatic rings. The van der Waals surface area contributed by atoms with Crippen LogP contribution in [0.5, 0.6) is 0 Å². The summed E-state index contributed by atoms with van der Waals surface area (Å²) < 4.78 is 37.1. The lowest BCUT2D eigenvalue weighted by atomic mass is 10.2. The molecule has 1 aromatic rings. The molecule has 1 rings (SSSR count). The Labute approximate surface area is 115 Å². The molecule has 1 atom stereocenters. The van der Waals surface area contributed by atoms with Crippen LogP contribution >= 0.6 is 0 Å². The van der Waals surface area contributed by atoms with E-state index in [1.807, 2.05) is 6.92 Å². The molecule has 20 heavy (non-hydrogen) atoms. The Bertz CT molecular complexity index is 431. The molecule has 112 valence electrons. The van der Waals surface area contributed by atoms with Crippen molar-refractivity contribution in [2.45, 2.75) is 32.0 Å². The van der Waals surface area contributed by atoms with Gasteiger partial charge in [0.25, 0.3) is 0 Å². The van der Waals surface area contributed by atoms with Crippen LogP contribution in [0.4, 0.5) is 23.7 Å². The highest BCUT2D eigenvalue weighted by atomic mass is 19.4. The molecule has 0 spiro atoms. The van der Waals surface area contributed by atoms with Crippen LogP contribution in [0.25, 0.3) is 0 Å². The van der Waals surface area contributed by atoms with Crippen molar-refractivity contribution in [1.29, 1.82) is 0 Å². The van der Waals surface area contributed by atoms with E-state index in [-0.39, 0.29) is 6.04 Å². The summed E-state index contributed by atoms with van der Waals surface area (Å²) in [5.74, 6) is 0. The van der Waals surface area contributed by atoms with Crippen LogP contribution in [0, 0.1) is 0 Å². The maximum Gasteiger partial charge on any atom is 0.416 e. The summed E-state index contributed by atoms with van der Waals surface area (Å²) in [6.07, 6.45) is -2.76. The van der Waals surface area contributed by atoms with E-state index in [2.05, 4.69) is 10.6 Å². The molecular formula is C13H18F3N3O. The van der Waals surface area contributed by atoms with Gasteiger partial charge in [0.2, 0.25) is 0 Å². The van der Waals surface area contributed by atoms with E-state index < -0.39 is 17.8 Å². The molecule has 0 fully saturated rings. The van der Waals surface area contributed by atoms with Gasteiger partial charge < -0.3 is 16.4 Å². The molecule has 0 aromatic heterocycles. The van der Waals surface area contributed by atoms with Gasteiger partial charge in [-0.1, -0.05) is 13.3 Å². The standard InChI is InChI=1S/C13H18F3N3O/c1-2-3-11(8-17)19-12(20)18-10-6-4-9(5-7-10)13(14,15)16/h4-7,11H,2-3,8,17H2,1H3,(H2,18,19,20). The number of hydrogen-bond acceptors (Lipinski definition) is 2. The van der Waals surface area contributed by atoms with E-state index in [1.165, 1.54) is 12.1 Å². The highest BCUT2D eigenvalue weighted by molar-refractivity contribution is 5.89. The van der Waals surface area contributed by atoms with Gasteiger partial charge in [-0.2, -0.15) is 13.2 Å². The average molecular weight is 289 g/mol. The van der Waals surface area contributed by atoms with Gasteiger partial charge in [-0.05, 0) is 30.7 Å². The molecule has 0 heterocycles. The molecule has 7 heteroatoms. The van der Waals surface area contributed by atoms with Crippen molar-refractivity contribution in [3.8, 4) is 0 Å². The van der Waals surface area contributed by atoms with Crippen molar-refractivity contribution in [3.05, 3.63) is 29.8 Å². The fraction of sp³-hybridized carbons (Fsp3) is 0.462. The summed E-state index contributed by atoms with van der Waals surface area (Å²) in [7, 11) is 0. The molecule has 0 aliphatic heterocycles. The maximum absolute atomic E-state index is 12.4. The largest absolute Gasteiger partial charge is 0.416 e. The van der Waals surface area contributed by atoms with Crippen molar-refractivity contribution in [2.75, 3.05) is 11.9 Å². The van der Waals surface area contributed by atoms with E-state index in [0.29, 0.717) is 12.2 Å². The van der Waals surface area contributed by atoms with E-state index in [0.717, 1.165) is 25.0 Å². The van der Waals surface area contributed by atoms with Crippen molar-refractivity contribution in [2.24, 2.45) is 5.73 Å². The number of anilines is 1. The highest BCUT2D eigenvalue weighted by Crippen LogP contribution is 2.29. The number of carbonyl (C=O) groups is 1. The fourth-order valence-electron chi connectivity index (χ4n) is 1.69. The first-order chi connectivity index (χ1) is 9.36. The van der Waals surface area contributed by atoms with E-state index in [4.69, 9.17) is 5.73 Å². The summed E-state index contributed by atoms with van der Waals surface area (Å²) >= 11 is 0. The number of halogens is 3. The van der Waals surface area contributed by atoms with Crippen molar-refractivity contribution < 1.29 is 18.0 Å². The summed E-state index contributed by atoms with van der Waals surface area (Å²) in [5, 5.41) is 5.13. The minimum atomic E-state index is -4.38. The van der Waals surface area contributed by atoms with Gasteiger partial charge in [-0.25, -0.2) is 4.79 Å². The number of hydrogen-bond donors (Lipinski definition) is 3. The normalized spacial score (nSPS) is 12.8. The first-order valence-corrected chi connectivity index (χ1v) is 6.31. The second-order valence-corrected chi connectivity index (χ2v) is 4.39. The number of benzene rings is 1. The number of rotatable bonds is 5. The SMILES string of the molecule is CCCC(CN)NC(=O)Nc1ccc(C(F)(F)F)cc1. The molecule has 1 aromatic carbocycles. The third kappa shape index (κ3) is 5.08. The van der Waals surface area contributed by atoms with Gasteiger partial charge in [0.05, 0.1) is 5.56 Å². The van der Waals surface area contributed by atoms with Crippen LogP contribution in [-0.4, -0.2) is 18.6 Å². The van der Waals surface area contributed by atoms with Crippen molar-refractivity contribution in [3.63, 3.8) is 0 Å². The lowest BCUT2D eigenvalue weighted by Gasteiger charge is -2.16. The minimum Gasteiger partial charge on any atom is -0.334 e. The van der Waals surface area contributed by atoms with Gasteiger partial charge in [-0.15, -0.1) is 0 Å². The molecule has 0 radical (unpaired) electrons. The third-order valence-corrected chi connectivity index (χ3v) is 2.73. The van der Waals surface area contributed by atoms with E-state index >= 15 is 0 Å². The fourth-order valence-corrected chi connectivity index (χ4v) is 1.69. The predicted molar refractivity (Wildman–Crippen MR) is 71.3 cm³/mol. The van der Waals surface area contributed by atoms with Gasteiger partial charge in [-0.3, -0.25) is 0 Å². The zero-order valence-electron chi connectivity index (χ0n) is 11.1. The summed E-state index contributed by atoms with van der Waals surface area (Å²) in [6.45, 7) is 2.28. The molecule has 0 saturated heterocycles. The molecule has 0 bridgehead atoms. The zero-order valence-corrected chi connectivity index (χ0v) is 11.1. The maximum atomic E-state index is 12.4. The molecular weight excluding hydrogens is 271 g/mol. The predicted octanol–water partition coefficient (Wildman–Crippen LogP) is 2.95. The molecule has 0 aliphatic carbocycles. The van der Waals surface area contributed by atoms with Crippen LogP contribution < -0.4 is 16.4 Å². The monoisotopic (exact) mass is 289 g/mol. The number of nitrogens with one attached hydrogen (secondary N) is 2. The summed E-state index contributed by atoms with van der Waals surface area (Å²) in [6, 6.07) is 3.63. The second kappa shape index (κ2) is 7.14. The minimum absolute atomic E-state index is 0.144. The van der Waals surface area contributed by atoms with Gasteiger partial charge in [0.1, 0.15) is 0 Å². The van der Waals surface area contributed by atoms with E-state index in [1.54, 1.807) is 0 Å². The highest BCUT2D eigenvalue weighted by Gasteiger charge is 2.29. The van der Waals surface area contributed by atoms with Crippen LogP contribution in [0.1, 0.15) is 25.3 Å².